The maximum Gasteiger partial charge on any atom is 0.336 e. The molecule has 1 rings (SSSR count). The molecule has 0 aliphatic rings. The quantitative estimate of drug-likeness (QED) is 0.484. The zero-order valence-corrected chi connectivity index (χ0v) is 16.8. The van der Waals surface area contributed by atoms with Crippen LogP contribution in [0.5, 0.6) is 5.75 Å². The van der Waals surface area contributed by atoms with E-state index in [1.54, 1.807) is 6.92 Å². The van der Waals surface area contributed by atoms with Crippen molar-refractivity contribution < 1.29 is 19.4 Å². The number of rotatable bonds is 5. The van der Waals surface area contributed by atoms with Gasteiger partial charge in [-0.2, -0.15) is 0 Å². The summed E-state index contributed by atoms with van der Waals surface area (Å²) in [5, 5.41) is 9.93. The number of aliphatic hydroxyl groups excluding tert-OH is 1. The summed E-state index contributed by atoms with van der Waals surface area (Å²) in [5.41, 5.74) is 2.37. The molecule has 0 heterocycles. The van der Waals surface area contributed by atoms with E-state index < -0.39 is 18.4 Å². The Morgan fingerprint density at radius 3 is 1.80 bits per heavy atom. The first-order valence-corrected chi connectivity index (χ1v) is 8.59. The minimum Gasteiger partial charge on any atom is -0.452 e. The van der Waals surface area contributed by atoms with Gasteiger partial charge in [-0.1, -0.05) is 54.2 Å². The zero-order chi connectivity index (χ0) is 19.6. The van der Waals surface area contributed by atoms with E-state index in [1.807, 2.05) is 12.1 Å². The second-order valence-electron chi connectivity index (χ2n) is 8.66. The van der Waals surface area contributed by atoms with Crippen molar-refractivity contribution in [1.29, 1.82) is 0 Å². The van der Waals surface area contributed by atoms with Crippen molar-refractivity contribution in [3.63, 3.8) is 0 Å². The third kappa shape index (κ3) is 6.20. The Morgan fingerprint density at radius 2 is 1.48 bits per heavy atom. The van der Waals surface area contributed by atoms with E-state index in [9.17, 15) is 9.90 Å². The summed E-state index contributed by atoms with van der Waals surface area (Å²) in [4.78, 5) is 11.8. The Kier molecular flexibility index (Phi) is 6.46. The molecule has 0 amide bonds. The Hall–Kier alpha value is -1.81. The van der Waals surface area contributed by atoms with E-state index in [-0.39, 0.29) is 16.4 Å². The average molecular weight is 348 g/mol. The molecule has 25 heavy (non-hydrogen) atoms. The second kappa shape index (κ2) is 7.61. The van der Waals surface area contributed by atoms with Crippen LogP contribution in [0.3, 0.4) is 0 Å². The topological polar surface area (TPSA) is 55.8 Å². The van der Waals surface area contributed by atoms with Crippen LogP contribution < -0.4 is 4.74 Å². The molecule has 0 aromatic heterocycles. The summed E-state index contributed by atoms with van der Waals surface area (Å²) in [7, 11) is 0. The number of ether oxygens (including phenoxy) is 2. The third-order valence-corrected chi connectivity index (χ3v) is 3.86. The molecule has 140 valence electrons. The van der Waals surface area contributed by atoms with E-state index in [0.29, 0.717) is 5.75 Å². The molecule has 4 nitrogen and oxygen atoms in total. The summed E-state index contributed by atoms with van der Waals surface area (Å²) in [5.74, 6) is -0.0216. The van der Waals surface area contributed by atoms with E-state index in [0.717, 1.165) is 11.1 Å². The first kappa shape index (κ1) is 21.2. The van der Waals surface area contributed by atoms with Crippen molar-refractivity contribution in [2.45, 2.75) is 78.6 Å². The van der Waals surface area contributed by atoms with Gasteiger partial charge in [0.1, 0.15) is 11.9 Å². The fourth-order valence-electron chi connectivity index (χ4n) is 2.09. The lowest BCUT2D eigenvalue weighted by Crippen LogP contribution is -2.34. The highest BCUT2D eigenvalue weighted by Crippen LogP contribution is 2.33. The number of esters is 1. The predicted molar refractivity (Wildman–Crippen MR) is 101 cm³/mol. The summed E-state index contributed by atoms with van der Waals surface area (Å²) in [6.45, 7) is 19.4. The maximum absolute atomic E-state index is 11.8. The smallest absolute Gasteiger partial charge is 0.336 e. The van der Waals surface area contributed by atoms with Gasteiger partial charge in [0.05, 0.1) is 0 Å². The summed E-state index contributed by atoms with van der Waals surface area (Å²) in [6.07, 6.45) is -2.06. The van der Waals surface area contributed by atoms with Crippen LogP contribution in [0.2, 0.25) is 0 Å². The van der Waals surface area contributed by atoms with Crippen molar-refractivity contribution in [3.05, 3.63) is 41.5 Å². The highest BCUT2D eigenvalue weighted by atomic mass is 16.7. The largest absolute Gasteiger partial charge is 0.452 e. The monoisotopic (exact) mass is 348 g/mol. The van der Waals surface area contributed by atoms with Gasteiger partial charge in [-0.15, -0.1) is 0 Å². The van der Waals surface area contributed by atoms with Gasteiger partial charge in [-0.25, -0.2) is 4.79 Å². The van der Waals surface area contributed by atoms with Crippen molar-refractivity contribution in [2.24, 2.45) is 0 Å². The van der Waals surface area contributed by atoms with Gasteiger partial charge in [-0.3, -0.25) is 0 Å². The van der Waals surface area contributed by atoms with Gasteiger partial charge in [-0.05, 0) is 47.9 Å². The molecule has 0 bridgehead atoms. The Morgan fingerprint density at radius 1 is 1.04 bits per heavy atom. The van der Waals surface area contributed by atoms with E-state index in [2.05, 4.69) is 54.2 Å². The van der Waals surface area contributed by atoms with Crippen molar-refractivity contribution in [3.8, 4) is 5.75 Å². The molecular weight excluding hydrogens is 316 g/mol. The fourth-order valence-corrected chi connectivity index (χ4v) is 2.09. The molecule has 0 aliphatic carbocycles. The summed E-state index contributed by atoms with van der Waals surface area (Å²) < 4.78 is 11.1. The number of carbonyl (C=O) groups excluding carboxylic acids is 1. The molecule has 1 aromatic rings. The lowest BCUT2D eigenvalue weighted by Gasteiger charge is -2.28. The lowest BCUT2D eigenvalue weighted by atomic mass is 9.80. The van der Waals surface area contributed by atoms with Crippen LogP contribution in [-0.2, 0) is 20.4 Å². The van der Waals surface area contributed by atoms with Gasteiger partial charge in [0.15, 0.2) is 0 Å². The van der Waals surface area contributed by atoms with Crippen LogP contribution in [0, 0.1) is 0 Å². The SMILES string of the molecule is C=C(C)C(=O)OC(Oc1cc(C(C)(C)C)cc(C(C)(C)C)c1)C(C)O. The average Bonchev–Trinajstić information content (AvgIpc) is 2.44. The van der Waals surface area contributed by atoms with Gasteiger partial charge >= 0.3 is 5.97 Å². The highest BCUT2D eigenvalue weighted by molar-refractivity contribution is 5.87. The van der Waals surface area contributed by atoms with Gasteiger partial charge in [0.25, 0.3) is 6.29 Å². The highest BCUT2D eigenvalue weighted by Gasteiger charge is 2.25. The number of aliphatic hydroxyl groups is 1. The van der Waals surface area contributed by atoms with Crippen LogP contribution in [0.4, 0.5) is 0 Å². The molecule has 2 unspecified atom stereocenters. The van der Waals surface area contributed by atoms with E-state index in [1.165, 1.54) is 6.92 Å². The first-order valence-electron chi connectivity index (χ1n) is 8.59. The number of hydrogen-bond donors (Lipinski definition) is 1. The minimum absolute atomic E-state index is 0.0614. The summed E-state index contributed by atoms with van der Waals surface area (Å²) >= 11 is 0. The molecule has 0 spiro atoms. The van der Waals surface area contributed by atoms with Gasteiger partial charge in [0.2, 0.25) is 0 Å². The number of benzene rings is 1. The summed E-state index contributed by atoms with van der Waals surface area (Å²) in [6, 6.07) is 6.03. The molecule has 0 aliphatic heterocycles. The van der Waals surface area contributed by atoms with Crippen LogP contribution in [0.25, 0.3) is 0 Å². The molecular formula is C21H32O4. The Balaban J connectivity index is 3.25. The lowest BCUT2D eigenvalue weighted by molar-refractivity contribution is -0.173. The van der Waals surface area contributed by atoms with Crippen LogP contribution in [-0.4, -0.2) is 23.5 Å². The molecule has 1 aromatic carbocycles. The zero-order valence-electron chi connectivity index (χ0n) is 16.8. The van der Waals surface area contributed by atoms with Gasteiger partial charge < -0.3 is 14.6 Å². The second-order valence-corrected chi connectivity index (χ2v) is 8.66. The standard InChI is InChI=1S/C21H32O4/c1-13(2)18(23)25-19(14(3)22)24-17-11-15(20(4,5)6)10-16(12-17)21(7,8)9/h10-12,14,19,22H,1H2,2-9H3. The van der Waals surface area contributed by atoms with Gasteiger partial charge in [0, 0.05) is 5.57 Å². The van der Waals surface area contributed by atoms with E-state index in [4.69, 9.17) is 9.47 Å². The molecule has 0 radical (unpaired) electrons. The first-order chi connectivity index (χ1) is 11.2. The number of carbonyl (C=O) groups is 1. The predicted octanol–water partition coefficient (Wildman–Crippen LogP) is 4.49. The van der Waals surface area contributed by atoms with Crippen LogP contribution >= 0.6 is 0 Å². The normalized spacial score (nSPS) is 14.6. The molecule has 1 N–H and O–H groups in total. The van der Waals surface area contributed by atoms with Crippen LogP contribution in [0.1, 0.15) is 66.5 Å². The fraction of sp³-hybridized carbons (Fsp3) is 0.571. The van der Waals surface area contributed by atoms with Crippen molar-refractivity contribution >= 4 is 5.97 Å². The van der Waals surface area contributed by atoms with Crippen molar-refractivity contribution in [1.82, 2.24) is 0 Å². The third-order valence-electron chi connectivity index (χ3n) is 3.86. The Bertz CT molecular complexity index is 598. The minimum atomic E-state index is -1.09. The Labute approximate surface area is 151 Å². The molecule has 0 saturated heterocycles. The van der Waals surface area contributed by atoms with Crippen LogP contribution in [0.15, 0.2) is 30.4 Å². The molecule has 0 fully saturated rings. The molecule has 0 saturated carbocycles. The number of hydrogen-bond acceptors (Lipinski definition) is 4. The molecule has 4 heteroatoms. The maximum atomic E-state index is 11.8. The van der Waals surface area contributed by atoms with E-state index >= 15 is 0 Å². The molecule has 2 atom stereocenters. The van der Waals surface area contributed by atoms with Crippen molar-refractivity contribution in [2.75, 3.05) is 0 Å².